The fourth-order valence-corrected chi connectivity index (χ4v) is 2.77. The molecular weight excluding hydrogens is 430 g/mol. The van der Waals surface area contributed by atoms with E-state index in [9.17, 15) is 14.4 Å². The molecule has 7 nitrogen and oxygen atoms in total. The summed E-state index contributed by atoms with van der Waals surface area (Å²) in [6.45, 7) is 7.38. The summed E-state index contributed by atoms with van der Waals surface area (Å²) in [4.78, 5) is 42.6. The molecule has 28 heavy (non-hydrogen) atoms. The van der Waals surface area contributed by atoms with Crippen LogP contribution in [-0.2, 0) is 30.3 Å². The van der Waals surface area contributed by atoms with Gasteiger partial charge in [0.15, 0.2) is 5.78 Å². The molecule has 0 radical (unpaired) electrons. The Morgan fingerprint density at radius 1 is 0.964 bits per heavy atom. The predicted molar refractivity (Wildman–Crippen MR) is 108 cm³/mol. The molecule has 1 aromatic rings. The number of halogens is 1. The Hall–Kier alpha value is -1.77. The topological polar surface area (TPSA) is 90.9 Å². The molecule has 0 aromatic heterocycles. The van der Waals surface area contributed by atoms with Gasteiger partial charge in [-0.25, -0.2) is 9.59 Å². The predicted octanol–water partition coefficient (Wildman–Crippen LogP) is 2.99. The molecule has 8 heteroatoms. The fourth-order valence-electron chi connectivity index (χ4n) is 2.51. The number of ketones is 1. The zero-order valence-electron chi connectivity index (χ0n) is 16.7. The van der Waals surface area contributed by atoms with Crippen LogP contribution in [0.25, 0.3) is 0 Å². The van der Waals surface area contributed by atoms with Crippen LogP contribution in [0.3, 0.4) is 0 Å². The molecule has 1 N–H and O–H groups in total. The van der Waals surface area contributed by atoms with E-state index in [1.165, 1.54) is 0 Å². The SMILES string of the molecule is CCONC(Cc1ccc(C(=O)C(Br)CC)cc1)(C(=O)OCC)C(=O)OCC. The second kappa shape index (κ2) is 11.9. The van der Waals surface area contributed by atoms with Crippen LogP contribution in [-0.4, -0.2) is 47.9 Å². The van der Waals surface area contributed by atoms with E-state index in [4.69, 9.17) is 14.3 Å². The maximum atomic E-state index is 12.7. The summed E-state index contributed by atoms with van der Waals surface area (Å²) < 4.78 is 10.2. The zero-order chi connectivity index (χ0) is 21.2. The first-order valence-corrected chi connectivity index (χ1v) is 10.3. The van der Waals surface area contributed by atoms with Crippen LogP contribution >= 0.6 is 15.9 Å². The zero-order valence-corrected chi connectivity index (χ0v) is 18.3. The fraction of sp³-hybridized carbons (Fsp3) is 0.550. The first-order chi connectivity index (χ1) is 13.4. The number of rotatable bonds is 12. The van der Waals surface area contributed by atoms with Crippen molar-refractivity contribution in [2.24, 2.45) is 0 Å². The minimum absolute atomic E-state index is 0.0245. The average molecular weight is 458 g/mol. The normalized spacial score (nSPS) is 12.3. The third kappa shape index (κ3) is 6.12. The van der Waals surface area contributed by atoms with Crippen molar-refractivity contribution >= 4 is 33.7 Å². The standard InChI is InChI=1S/C20H28BrNO6/c1-5-16(21)17(23)15-11-9-14(10-12-15)13-20(22-28-8-4,18(24)26-6-2)19(25)27-7-3/h9-12,16,22H,5-8,13H2,1-4H3. The monoisotopic (exact) mass is 457 g/mol. The number of ether oxygens (including phenoxy) is 2. The van der Waals surface area contributed by atoms with Crippen molar-refractivity contribution in [1.29, 1.82) is 0 Å². The highest BCUT2D eigenvalue weighted by Crippen LogP contribution is 2.21. The molecule has 0 aliphatic carbocycles. The summed E-state index contributed by atoms with van der Waals surface area (Å²) in [7, 11) is 0. The minimum Gasteiger partial charge on any atom is -0.464 e. The average Bonchev–Trinajstić information content (AvgIpc) is 2.70. The van der Waals surface area contributed by atoms with Crippen molar-refractivity contribution in [2.45, 2.75) is 50.9 Å². The van der Waals surface area contributed by atoms with E-state index in [1.54, 1.807) is 45.0 Å². The van der Waals surface area contributed by atoms with Crippen LogP contribution in [0.4, 0.5) is 0 Å². The molecule has 0 aliphatic rings. The first kappa shape index (κ1) is 24.3. The van der Waals surface area contributed by atoms with Crippen molar-refractivity contribution in [2.75, 3.05) is 19.8 Å². The Labute approximate surface area is 174 Å². The molecule has 1 aromatic carbocycles. The minimum atomic E-state index is -1.84. The van der Waals surface area contributed by atoms with Crippen LogP contribution in [0.2, 0.25) is 0 Å². The third-order valence-electron chi connectivity index (χ3n) is 3.99. The quantitative estimate of drug-likeness (QED) is 0.169. The van der Waals surface area contributed by atoms with Gasteiger partial charge in [0.05, 0.1) is 24.6 Å². The van der Waals surface area contributed by atoms with Gasteiger partial charge in [0.25, 0.3) is 0 Å². The smallest absolute Gasteiger partial charge is 0.340 e. The number of hydroxylamine groups is 1. The number of carbonyl (C=O) groups excluding carboxylic acids is 3. The van der Waals surface area contributed by atoms with E-state index < -0.39 is 17.5 Å². The number of hydrogen-bond donors (Lipinski definition) is 1. The summed E-state index contributed by atoms with van der Waals surface area (Å²) >= 11 is 3.35. The molecule has 156 valence electrons. The second-order valence-electron chi connectivity index (χ2n) is 6.00. The molecule has 1 rings (SSSR count). The number of nitrogens with one attached hydrogen (secondary N) is 1. The molecule has 0 amide bonds. The summed E-state index contributed by atoms with van der Waals surface area (Å²) in [5.74, 6) is -1.59. The van der Waals surface area contributed by atoms with Crippen molar-refractivity contribution in [3.8, 4) is 0 Å². The molecule has 0 saturated heterocycles. The Morgan fingerprint density at radius 2 is 1.50 bits per heavy atom. The first-order valence-electron chi connectivity index (χ1n) is 9.36. The maximum absolute atomic E-state index is 12.7. The van der Waals surface area contributed by atoms with Gasteiger partial charge < -0.3 is 14.3 Å². The van der Waals surface area contributed by atoms with E-state index in [-0.39, 0.29) is 36.9 Å². The highest BCUT2D eigenvalue weighted by molar-refractivity contribution is 9.10. The van der Waals surface area contributed by atoms with Crippen LogP contribution in [0.1, 0.15) is 50.0 Å². The lowest BCUT2D eigenvalue weighted by molar-refractivity contribution is -0.175. The number of Topliss-reactive ketones (excluding diaryl/α,β-unsaturated/α-hetero) is 1. The van der Waals surface area contributed by atoms with Gasteiger partial charge >= 0.3 is 11.9 Å². The van der Waals surface area contributed by atoms with E-state index >= 15 is 0 Å². The largest absolute Gasteiger partial charge is 0.464 e. The molecule has 0 saturated carbocycles. The van der Waals surface area contributed by atoms with Crippen LogP contribution in [0.15, 0.2) is 24.3 Å². The number of carbonyl (C=O) groups is 3. The van der Waals surface area contributed by atoms with Gasteiger partial charge in [-0.3, -0.25) is 4.79 Å². The van der Waals surface area contributed by atoms with Crippen molar-refractivity contribution in [3.63, 3.8) is 0 Å². The highest BCUT2D eigenvalue weighted by atomic mass is 79.9. The number of benzene rings is 1. The highest BCUT2D eigenvalue weighted by Gasteiger charge is 2.50. The van der Waals surface area contributed by atoms with E-state index in [0.717, 1.165) is 0 Å². The lowest BCUT2D eigenvalue weighted by Crippen LogP contribution is -2.61. The van der Waals surface area contributed by atoms with Gasteiger partial charge in [-0.05, 0) is 32.8 Å². The van der Waals surface area contributed by atoms with Crippen LogP contribution < -0.4 is 5.48 Å². The molecule has 0 aliphatic heterocycles. The summed E-state index contributed by atoms with van der Waals surface area (Å²) in [5, 5.41) is 0. The van der Waals surface area contributed by atoms with E-state index in [2.05, 4.69) is 21.4 Å². The van der Waals surface area contributed by atoms with Crippen molar-refractivity contribution < 1.29 is 28.7 Å². The van der Waals surface area contributed by atoms with Gasteiger partial charge in [0.1, 0.15) is 0 Å². The molecule has 0 spiro atoms. The van der Waals surface area contributed by atoms with E-state index in [1.807, 2.05) is 6.92 Å². The maximum Gasteiger partial charge on any atom is 0.340 e. The van der Waals surface area contributed by atoms with Gasteiger partial charge in [0.2, 0.25) is 5.54 Å². The number of esters is 2. The molecule has 0 fully saturated rings. The Balaban J connectivity index is 3.21. The lowest BCUT2D eigenvalue weighted by atomic mass is 9.90. The van der Waals surface area contributed by atoms with Gasteiger partial charge in [-0.15, -0.1) is 0 Å². The molecular formula is C20H28BrNO6. The summed E-state index contributed by atoms with van der Waals surface area (Å²) in [5.41, 5.74) is 1.89. The van der Waals surface area contributed by atoms with E-state index in [0.29, 0.717) is 17.5 Å². The Kier molecular flexibility index (Phi) is 10.3. The summed E-state index contributed by atoms with van der Waals surface area (Å²) in [6, 6.07) is 6.74. The lowest BCUT2D eigenvalue weighted by Gasteiger charge is -2.29. The molecule has 1 unspecified atom stereocenters. The Bertz CT molecular complexity index is 643. The second-order valence-corrected chi connectivity index (χ2v) is 7.10. The van der Waals surface area contributed by atoms with Gasteiger partial charge in [0, 0.05) is 12.0 Å². The number of hydrogen-bond acceptors (Lipinski definition) is 7. The van der Waals surface area contributed by atoms with Gasteiger partial charge in [-0.1, -0.05) is 47.1 Å². The Morgan fingerprint density at radius 3 is 1.93 bits per heavy atom. The van der Waals surface area contributed by atoms with Crippen LogP contribution in [0.5, 0.6) is 0 Å². The van der Waals surface area contributed by atoms with Crippen molar-refractivity contribution in [1.82, 2.24) is 5.48 Å². The van der Waals surface area contributed by atoms with Crippen LogP contribution in [0, 0.1) is 0 Å². The molecule has 0 heterocycles. The van der Waals surface area contributed by atoms with Crippen molar-refractivity contribution in [3.05, 3.63) is 35.4 Å². The third-order valence-corrected chi connectivity index (χ3v) is 5.05. The summed E-state index contributed by atoms with van der Waals surface area (Å²) in [6.07, 6.45) is 0.623. The molecule has 0 bridgehead atoms. The molecule has 1 atom stereocenters. The number of alkyl halides is 1. The van der Waals surface area contributed by atoms with Gasteiger partial charge in [-0.2, -0.15) is 5.48 Å².